The lowest BCUT2D eigenvalue weighted by molar-refractivity contribution is 0.188. The summed E-state index contributed by atoms with van der Waals surface area (Å²) in [7, 11) is 2.15. The van der Waals surface area contributed by atoms with E-state index in [0.717, 1.165) is 13.1 Å². The predicted molar refractivity (Wildman–Crippen MR) is 62.2 cm³/mol. The number of nitrogens with zero attached hydrogens (tertiary/aromatic N) is 1. The Hall–Kier alpha value is -0.860. The van der Waals surface area contributed by atoms with E-state index in [0.29, 0.717) is 5.92 Å². The smallest absolute Gasteiger partial charge is 0.0497 e. The lowest BCUT2D eigenvalue weighted by Crippen LogP contribution is -2.42. The van der Waals surface area contributed by atoms with Gasteiger partial charge in [-0.1, -0.05) is 31.2 Å². The largest absolute Gasteiger partial charge is 0.396 e. The van der Waals surface area contributed by atoms with Crippen molar-refractivity contribution in [2.45, 2.75) is 18.8 Å². The van der Waals surface area contributed by atoms with Gasteiger partial charge in [-0.2, -0.15) is 0 Å². The third-order valence-electron chi connectivity index (χ3n) is 3.30. The molecule has 1 aromatic rings. The van der Waals surface area contributed by atoms with Crippen LogP contribution in [0.15, 0.2) is 24.3 Å². The van der Waals surface area contributed by atoms with Crippen LogP contribution in [0.5, 0.6) is 0 Å². The molecule has 1 unspecified atom stereocenters. The molecule has 0 spiro atoms. The van der Waals surface area contributed by atoms with Gasteiger partial charge in [0.25, 0.3) is 0 Å². The molecule has 0 bridgehead atoms. The van der Waals surface area contributed by atoms with E-state index in [1.807, 2.05) is 0 Å². The minimum Gasteiger partial charge on any atom is -0.396 e. The molecule has 2 nitrogen and oxygen atoms in total. The van der Waals surface area contributed by atoms with E-state index in [2.05, 4.69) is 43.1 Å². The maximum absolute atomic E-state index is 9.23. The van der Waals surface area contributed by atoms with Crippen LogP contribution in [0.25, 0.3) is 0 Å². The van der Waals surface area contributed by atoms with Crippen LogP contribution >= 0.6 is 0 Å². The second kappa shape index (κ2) is 4.33. The highest BCUT2D eigenvalue weighted by Gasteiger charge is 2.27. The molecule has 0 amide bonds. The first-order valence-electron chi connectivity index (χ1n) is 5.60. The van der Waals surface area contributed by atoms with Gasteiger partial charge in [-0.15, -0.1) is 0 Å². The minimum atomic E-state index is 0.236. The highest BCUT2D eigenvalue weighted by Crippen LogP contribution is 2.31. The van der Waals surface area contributed by atoms with Gasteiger partial charge in [0.15, 0.2) is 0 Å². The normalized spacial score (nSPS) is 19.9. The quantitative estimate of drug-likeness (QED) is 0.813. The van der Waals surface area contributed by atoms with Crippen LogP contribution < -0.4 is 0 Å². The fraction of sp³-hybridized carbons (Fsp3) is 0.538. The summed E-state index contributed by atoms with van der Waals surface area (Å²) in [5.74, 6) is 0.923. The zero-order valence-corrected chi connectivity index (χ0v) is 9.48. The average molecular weight is 205 g/mol. The summed E-state index contributed by atoms with van der Waals surface area (Å²) >= 11 is 0. The lowest BCUT2D eigenvalue weighted by atomic mass is 9.84. The molecule has 1 aromatic carbocycles. The Bertz CT molecular complexity index is 331. The highest BCUT2D eigenvalue weighted by molar-refractivity contribution is 5.35. The summed E-state index contributed by atoms with van der Waals surface area (Å²) in [6.07, 6.45) is 0. The molecule has 0 radical (unpaired) electrons. The van der Waals surface area contributed by atoms with Crippen molar-refractivity contribution in [1.82, 2.24) is 4.90 Å². The van der Waals surface area contributed by atoms with Crippen LogP contribution in [0, 0.1) is 0 Å². The Morgan fingerprint density at radius 1 is 1.40 bits per heavy atom. The van der Waals surface area contributed by atoms with E-state index in [9.17, 15) is 5.11 Å². The van der Waals surface area contributed by atoms with E-state index in [1.165, 1.54) is 11.1 Å². The van der Waals surface area contributed by atoms with Crippen molar-refractivity contribution in [3.63, 3.8) is 0 Å². The molecular formula is C13H19NO. The number of likely N-dealkylation sites (N-methyl/N-ethyl adjacent to an activating group) is 1. The molecule has 2 heteroatoms. The number of hydrogen-bond donors (Lipinski definition) is 1. The van der Waals surface area contributed by atoms with Gasteiger partial charge in [0.05, 0.1) is 0 Å². The first-order chi connectivity index (χ1) is 7.22. The first-order valence-corrected chi connectivity index (χ1v) is 5.60. The van der Waals surface area contributed by atoms with Gasteiger partial charge in [-0.05, 0) is 18.2 Å². The van der Waals surface area contributed by atoms with Gasteiger partial charge in [-0.25, -0.2) is 0 Å². The van der Waals surface area contributed by atoms with Crippen molar-refractivity contribution in [2.24, 2.45) is 0 Å². The van der Waals surface area contributed by atoms with Gasteiger partial charge >= 0.3 is 0 Å². The molecule has 1 atom stereocenters. The molecular weight excluding hydrogens is 186 g/mol. The van der Waals surface area contributed by atoms with Gasteiger partial charge in [-0.3, -0.25) is 0 Å². The minimum absolute atomic E-state index is 0.236. The Balaban J connectivity index is 2.22. The molecule has 0 aromatic heterocycles. The second-order valence-corrected chi connectivity index (χ2v) is 4.63. The van der Waals surface area contributed by atoms with E-state index in [4.69, 9.17) is 0 Å². The average Bonchev–Trinajstić information content (AvgIpc) is 2.24. The van der Waals surface area contributed by atoms with Crippen molar-refractivity contribution in [1.29, 1.82) is 0 Å². The van der Waals surface area contributed by atoms with E-state index >= 15 is 0 Å². The number of rotatable bonds is 3. The Kier molecular flexibility index (Phi) is 3.08. The molecule has 0 saturated carbocycles. The Labute approximate surface area is 91.5 Å². The van der Waals surface area contributed by atoms with Crippen molar-refractivity contribution in [3.05, 3.63) is 35.4 Å². The third kappa shape index (κ3) is 2.06. The summed E-state index contributed by atoms with van der Waals surface area (Å²) in [5.41, 5.74) is 2.75. The Morgan fingerprint density at radius 3 is 2.67 bits per heavy atom. The van der Waals surface area contributed by atoms with Crippen LogP contribution in [0.1, 0.15) is 29.9 Å². The van der Waals surface area contributed by atoms with Crippen LogP contribution in [-0.2, 0) is 0 Å². The number of hydrogen-bond acceptors (Lipinski definition) is 2. The maximum Gasteiger partial charge on any atom is 0.0497 e. The van der Waals surface area contributed by atoms with Crippen LogP contribution in [0.2, 0.25) is 0 Å². The van der Waals surface area contributed by atoms with Crippen LogP contribution in [-0.4, -0.2) is 36.8 Å². The molecule has 1 saturated heterocycles. The van der Waals surface area contributed by atoms with E-state index < -0.39 is 0 Å². The Morgan fingerprint density at radius 2 is 2.07 bits per heavy atom. The van der Waals surface area contributed by atoms with Gasteiger partial charge < -0.3 is 10.0 Å². The lowest BCUT2D eigenvalue weighted by Gasteiger charge is -2.38. The van der Waals surface area contributed by atoms with Crippen LogP contribution in [0.3, 0.4) is 0 Å². The molecule has 1 aliphatic rings. The van der Waals surface area contributed by atoms with Gasteiger partial charge in [0, 0.05) is 31.5 Å². The SMILES string of the molecule is CC(CO)c1ccccc1C1CN(C)C1. The first kappa shape index (κ1) is 10.7. The van der Waals surface area contributed by atoms with Gasteiger partial charge in [0.2, 0.25) is 0 Å². The molecule has 15 heavy (non-hydrogen) atoms. The monoisotopic (exact) mass is 205 g/mol. The van der Waals surface area contributed by atoms with Crippen LogP contribution in [0.4, 0.5) is 0 Å². The number of benzene rings is 1. The van der Waals surface area contributed by atoms with Crippen molar-refractivity contribution < 1.29 is 5.11 Å². The fourth-order valence-corrected chi connectivity index (χ4v) is 2.33. The van der Waals surface area contributed by atoms with Crippen molar-refractivity contribution in [2.75, 3.05) is 26.7 Å². The molecule has 82 valence electrons. The van der Waals surface area contributed by atoms with Crippen molar-refractivity contribution in [3.8, 4) is 0 Å². The van der Waals surface area contributed by atoms with E-state index in [1.54, 1.807) is 0 Å². The third-order valence-corrected chi connectivity index (χ3v) is 3.30. The predicted octanol–water partition coefficient (Wildman–Crippen LogP) is 1.81. The summed E-state index contributed by atoms with van der Waals surface area (Å²) in [6.45, 7) is 4.62. The molecule has 2 rings (SSSR count). The molecule has 1 aliphatic heterocycles. The molecule has 0 aliphatic carbocycles. The van der Waals surface area contributed by atoms with Gasteiger partial charge in [0.1, 0.15) is 0 Å². The topological polar surface area (TPSA) is 23.5 Å². The summed E-state index contributed by atoms with van der Waals surface area (Å²) < 4.78 is 0. The summed E-state index contributed by atoms with van der Waals surface area (Å²) in [5, 5.41) is 9.23. The number of aliphatic hydroxyl groups is 1. The van der Waals surface area contributed by atoms with E-state index in [-0.39, 0.29) is 12.5 Å². The maximum atomic E-state index is 9.23. The molecule has 1 heterocycles. The standard InChI is InChI=1S/C13H19NO/c1-10(9-15)12-5-3-4-6-13(12)11-7-14(2)8-11/h3-6,10-11,15H,7-9H2,1-2H3. The fourth-order valence-electron chi connectivity index (χ4n) is 2.33. The number of aliphatic hydroxyl groups excluding tert-OH is 1. The number of likely N-dealkylation sites (tertiary alicyclic amines) is 1. The summed E-state index contributed by atoms with van der Waals surface area (Å²) in [6, 6.07) is 8.52. The zero-order valence-electron chi connectivity index (χ0n) is 9.48. The van der Waals surface area contributed by atoms with Crippen molar-refractivity contribution >= 4 is 0 Å². The molecule has 1 N–H and O–H groups in total. The zero-order chi connectivity index (χ0) is 10.8. The second-order valence-electron chi connectivity index (χ2n) is 4.63. The highest BCUT2D eigenvalue weighted by atomic mass is 16.3. The molecule has 1 fully saturated rings. The summed E-state index contributed by atoms with van der Waals surface area (Å²) in [4.78, 5) is 2.32.